The number of nitrogens with zero attached hydrogens (tertiary/aromatic N) is 2. The number of hydrogen-bond donors (Lipinski definition) is 1. The van der Waals surface area contributed by atoms with Crippen LogP contribution in [0.15, 0.2) is 34.3 Å². The third-order valence-corrected chi connectivity index (χ3v) is 3.24. The van der Waals surface area contributed by atoms with Gasteiger partial charge in [-0.15, -0.1) is 12.4 Å². The van der Waals surface area contributed by atoms with Gasteiger partial charge in [0.2, 0.25) is 0 Å². The molecule has 1 unspecified atom stereocenters. The van der Waals surface area contributed by atoms with Gasteiger partial charge in [0.05, 0.1) is 11.5 Å². The summed E-state index contributed by atoms with van der Waals surface area (Å²) in [5.74, 6) is 1.73. The Labute approximate surface area is 111 Å². The van der Waals surface area contributed by atoms with Gasteiger partial charge >= 0.3 is 0 Å². The van der Waals surface area contributed by atoms with E-state index >= 15 is 0 Å². The molecule has 2 rings (SSSR count). The highest BCUT2D eigenvalue weighted by atomic mass is 35.5. The minimum Gasteiger partial charge on any atom is -0.330 e. The highest BCUT2D eigenvalue weighted by molar-refractivity contribution is 7.99. The van der Waals surface area contributed by atoms with Crippen LogP contribution in [0.4, 0.5) is 0 Å². The molecule has 0 aromatic rings. The van der Waals surface area contributed by atoms with Crippen LogP contribution in [0.25, 0.3) is 0 Å². The van der Waals surface area contributed by atoms with Crippen LogP contribution in [-0.4, -0.2) is 35.5 Å². The molecule has 17 heavy (non-hydrogen) atoms. The Balaban J connectivity index is 0.00000144. The lowest BCUT2D eigenvalue weighted by atomic mass is 9.97. The number of amides is 1. The summed E-state index contributed by atoms with van der Waals surface area (Å²) in [7, 11) is 0. The van der Waals surface area contributed by atoms with Crippen LogP contribution in [0.1, 0.15) is 0 Å². The standard InChI is InChI=1S/C11H13N3OS.ClH/c12-5-6-16-7-10-13-9-4-2-1-3-8(9)11(15)14-10;/h1-4,8H,5-7,12H2;1H. The normalized spacial score (nSPS) is 21.5. The highest BCUT2D eigenvalue weighted by Gasteiger charge is 2.25. The molecule has 92 valence electrons. The van der Waals surface area contributed by atoms with Gasteiger partial charge in [0.1, 0.15) is 11.8 Å². The zero-order chi connectivity index (χ0) is 11.4. The molecule has 0 fully saturated rings. The zero-order valence-corrected chi connectivity index (χ0v) is 10.8. The third-order valence-electron chi connectivity index (χ3n) is 2.26. The van der Waals surface area contributed by atoms with Gasteiger partial charge in [-0.25, -0.2) is 4.99 Å². The molecular formula is C11H14ClN3OS. The number of amidine groups is 1. The molecule has 1 heterocycles. The largest absolute Gasteiger partial charge is 0.330 e. The van der Waals surface area contributed by atoms with Crippen molar-refractivity contribution in [2.24, 2.45) is 21.6 Å². The molecule has 1 aliphatic carbocycles. The third kappa shape index (κ3) is 3.52. The number of carbonyl (C=O) groups excluding carboxylic acids is 1. The van der Waals surface area contributed by atoms with E-state index in [1.807, 2.05) is 24.3 Å². The molecule has 1 atom stereocenters. The molecular weight excluding hydrogens is 258 g/mol. The van der Waals surface area contributed by atoms with Gasteiger partial charge in [-0.05, 0) is 6.08 Å². The Bertz CT molecular complexity index is 415. The van der Waals surface area contributed by atoms with Crippen LogP contribution in [0.2, 0.25) is 0 Å². The van der Waals surface area contributed by atoms with E-state index in [-0.39, 0.29) is 24.2 Å². The lowest BCUT2D eigenvalue weighted by Crippen LogP contribution is -2.27. The number of carbonyl (C=O) groups is 1. The maximum atomic E-state index is 11.7. The second-order valence-corrected chi connectivity index (χ2v) is 4.57. The SMILES string of the molecule is Cl.NCCSCC1=NC(=O)C2C=CC=CC2=N1. The van der Waals surface area contributed by atoms with Crippen LogP contribution in [-0.2, 0) is 4.79 Å². The van der Waals surface area contributed by atoms with Gasteiger partial charge in [-0.3, -0.25) is 4.79 Å². The summed E-state index contributed by atoms with van der Waals surface area (Å²) >= 11 is 1.64. The van der Waals surface area contributed by atoms with Crippen LogP contribution < -0.4 is 5.73 Å². The summed E-state index contributed by atoms with van der Waals surface area (Å²) < 4.78 is 0. The van der Waals surface area contributed by atoms with Crippen molar-refractivity contribution in [1.82, 2.24) is 0 Å². The molecule has 0 saturated heterocycles. The fraction of sp³-hybridized carbons (Fsp3) is 0.364. The van der Waals surface area contributed by atoms with Crippen molar-refractivity contribution in [2.75, 3.05) is 18.1 Å². The predicted molar refractivity (Wildman–Crippen MR) is 75.3 cm³/mol. The number of fused-ring (bicyclic) bond motifs is 1. The van der Waals surface area contributed by atoms with Crippen LogP contribution >= 0.6 is 24.2 Å². The van der Waals surface area contributed by atoms with Crippen LogP contribution in [0.3, 0.4) is 0 Å². The number of halogens is 1. The molecule has 0 aromatic carbocycles. The minimum atomic E-state index is -0.270. The van der Waals surface area contributed by atoms with E-state index in [1.54, 1.807) is 11.8 Å². The molecule has 0 bridgehead atoms. The number of thioether (sulfide) groups is 1. The Morgan fingerprint density at radius 3 is 2.94 bits per heavy atom. The van der Waals surface area contributed by atoms with Crippen molar-refractivity contribution < 1.29 is 4.79 Å². The van der Waals surface area contributed by atoms with Crippen molar-refractivity contribution in [1.29, 1.82) is 0 Å². The Hall–Kier alpha value is -0.910. The fourth-order valence-corrected chi connectivity index (χ4v) is 2.15. The van der Waals surface area contributed by atoms with E-state index in [4.69, 9.17) is 5.73 Å². The molecule has 4 nitrogen and oxygen atoms in total. The van der Waals surface area contributed by atoms with Crippen molar-refractivity contribution in [2.45, 2.75) is 0 Å². The maximum absolute atomic E-state index is 11.7. The van der Waals surface area contributed by atoms with Gasteiger partial charge in [0.25, 0.3) is 5.91 Å². The van der Waals surface area contributed by atoms with E-state index in [9.17, 15) is 4.79 Å². The van der Waals surface area contributed by atoms with E-state index in [0.29, 0.717) is 18.1 Å². The smallest absolute Gasteiger partial charge is 0.260 e. The van der Waals surface area contributed by atoms with Crippen molar-refractivity contribution in [3.63, 3.8) is 0 Å². The molecule has 2 N–H and O–H groups in total. The molecule has 1 aliphatic heterocycles. The molecule has 0 aromatic heterocycles. The summed E-state index contributed by atoms with van der Waals surface area (Å²) in [5, 5.41) is 0. The molecule has 2 aliphatic rings. The summed E-state index contributed by atoms with van der Waals surface area (Å²) in [4.78, 5) is 20.0. The number of aliphatic imine (C=N–C) groups is 2. The second kappa shape index (κ2) is 6.74. The van der Waals surface area contributed by atoms with Crippen LogP contribution in [0, 0.1) is 5.92 Å². The van der Waals surface area contributed by atoms with E-state index < -0.39 is 0 Å². The first kappa shape index (κ1) is 14.2. The quantitative estimate of drug-likeness (QED) is 0.782. The summed E-state index contributed by atoms with van der Waals surface area (Å²) in [6.45, 7) is 0.633. The second-order valence-electron chi connectivity index (χ2n) is 3.47. The lowest BCUT2D eigenvalue weighted by Gasteiger charge is -2.17. The summed E-state index contributed by atoms with van der Waals surface area (Å²) in [5.41, 5.74) is 6.19. The number of rotatable bonds is 4. The van der Waals surface area contributed by atoms with Crippen molar-refractivity contribution >= 4 is 41.6 Å². The monoisotopic (exact) mass is 271 g/mol. The van der Waals surface area contributed by atoms with Gasteiger partial charge in [0, 0.05) is 12.3 Å². The Morgan fingerprint density at radius 2 is 2.18 bits per heavy atom. The number of hydrogen-bond acceptors (Lipinski definition) is 4. The summed E-state index contributed by atoms with van der Waals surface area (Å²) in [6.07, 6.45) is 7.43. The average Bonchev–Trinajstić information content (AvgIpc) is 2.30. The molecule has 0 spiro atoms. The van der Waals surface area contributed by atoms with Crippen LogP contribution in [0.5, 0.6) is 0 Å². The van der Waals surface area contributed by atoms with E-state index in [2.05, 4.69) is 9.98 Å². The van der Waals surface area contributed by atoms with E-state index in [1.165, 1.54) is 0 Å². The molecule has 6 heteroatoms. The Kier molecular flexibility index (Phi) is 5.61. The van der Waals surface area contributed by atoms with Gasteiger partial charge in [-0.2, -0.15) is 16.8 Å². The van der Waals surface area contributed by atoms with E-state index in [0.717, 1.165) is 11.5 Å². The first-order chi connectivity index (χ1) is 7.81. The number of allylic oxidation sites excluding steroid dienone is 3. The first-order valence-corrected chi connectivity index (χ1v) is 6.29. The van der Waals surface area contributed by atoms with Crippen molar-refractivity contribution in [3.05, 3.63) is 24.3 Å². The Morgan fingerprint density at radius 1 is 1.35 bits per heavy atom. The molecule has 0 radical (unpaired) electrons. The average molecular weight is 272 g/mol. The molecule has 1 amide bonds. The zero-order valence-electron chi connectivity index (χ0n) is 9.20. The number of nitrogens with two attached hydrogens (primary N) is 1. The van der Waals surface area contributed by atoms with Gasteiger partial charge in [-0.1, -0.05) is 18.2 Å². The molecule has 0 saturated carbocycles. The lowest BCUT2D eigenvalue weighted by molar-refractivity contribution is -0.118. The fourth-order valence-electron chi connectivity index (χ4n) is 1.53. The van der Waals surface area contributed by atoms with Crippen molar-refractivity contribution in [3.8, 4) is 0 Å². The van der Waals surface area contributed by atoms with Gasteiger partial charge in [0.15, 0.2) is 0 Å². The maximum Gasteiger partial charge on any atom is 0.260 e. The first-order valence-electron chi connectivity index (χ1n) is 5.14. The highest BCUT2D eigenvalue weighted by Crippen LogP contribution is 2.17. The summed E-state index contributed by atoms with van der Waals surface area (Å²) in [6, 6.07) is 0. The predicted octanol–water partition coefficient (Wildman–Crippen LogP) is 1.22. The minimum absolute atomic E-state index is 0. The topological polar surface area (TPSA) is 67.8 Å². The van der Waals surface area contributed by atoms with Gasteiger partial charge < -0.3 is 5.73 Å².